The summed E-state index contributed by atoms with van der Waals surface area (Å²) < 4.78 is 2.53. The molecule has 4 heteroatoms. The molecule has 11 aromatic carbocycles. The van der Waals surface area contributed by atoms with E-state index in [-0.39, 0.29) is 6.71 Å². The zero-order valence-electron chi connectivity index (χ0n) is 38.2. The lowest BCUT2D eigenvalue weighted by molar-refractivity contribution is 1.25. The summed E-state index contributed by atoms with van der Waals surface area (Å²) in [5, 5.41) is 5.12. The number of benzene rings is 11. The minimum Gasteiger partial charge on any atom is -0.310 e. The van der Waals surface area contributed by atoms with Gasteiger partial charge < -0.3 is 14.2 Å². The van der Waals surface area contributed by atoms with E-state index in [0.29, 0.717) is 0 Å². The largest absolute Gasteiger partial charge is 0.310 e. The highest BCUT2D eigenvalue weighted by Gasteiger charge is 2.45. The van der Waals surface area contributed by atoms with Gasteiger partial charge in [-0.25, -0.2) is 0 Å². The van der Waals surface area contributed by atoms with Gasteiger partial charge in [-0.05, 0) is 69.0 Å². The molecule has 13 aromatic rings. The lowest BCUT2D eigenvalue weighted by Crippen LogP contribution is -2.61. The van der Waals surface area contributed by atoms with Crippen LogP contribution < -0.4 is 26.2 Å². The summed E-state index contributed by atoms with van der Waals surface area (Å²) in [5.41, 5.74) is 24.0. The summed E-state index contributed by atoms with van der Waals surface area (Å²) in [4.78, 5) is 5.22. The van der Waals surface area contributed by atoms with Gasteiger partial charge in [0.15, 0.2) is 0 Å². The van der Waals surface area contributed by atoms with Crippen LogP contribution in [-0.2, 0) is 0 Å². The molecule has 15 rings (SSSR count). The fraction of sp³-hybridized carbons (Fsp3) is 0. The number of aromatic nitrogens is 1. The van der Waals surface area contributed by atoms with Crippen molar-refractivity contribution in [3.63, 3.8) is 0 Å². The van der Waals surface area contributed by atoms with Gasteiger partial charge in [0.2, 0.25) is 0 Å². The third kappa shape index (κ3) is 5.53. The highest BCUT2D eigenvalue weighted by Crippen LogP contribution is 2.53. The molecule has 2 aromatic heterocycles. The van der Waals surface area contributed by atoms with Crippen LogP contribution in [0.2, 0.25) is 0 Å². The molecule has 2 aliphatic heterocycles. The molecule has 0 saturated heterocycles. The summed E-state index contributed by atoms with van der Waals surface area (Å²) in [6.45, 7) is -0.0702. The van der Waals surface area contributed by atoms with Crippen LogP contribution >= 0.6 is 0 Å². The number of rotatable bonds is 6. The molecule has 0 unspecified atom stereocenters. The minimum absolute atomic E-state index is 0.0702. The van der Waals surface area contributed by atoms with Crippen LogP contribution in [0.4, 0.5) is 34.1 Å². The second kappa shape index (κ2) is 15.2. The Morgan fingerprint density at radius 2 is 0.686 bits per heavy atom. The van der Waals surface area contributed by atoms with Crippen LogP contribution in [0.15, 0.2) is 255 Å². The molecule has 70 heavy (non-hydrogen) atoms. The normalized spacial score (nSPS) is 12.8. The summed E-state index contributed by atoms with van der Waals surface area (Å²) in [7, 11) is 0. The standard InChI is InChI=1S/C66H42BN3/c1-5-21-43(22-6-1)47-30-17-31-48(44-23-7-2-8-24-44)64(47)69-58-38-16-14-36-55(58)67-56-41-54-53-35-19-34-52-51-29-13-15-37-57(51)68(66(52)53)61(54)42-62(56)70(60-40-20-39-59(69)63(60)67)65-49(45-25-9-3-10-26-45)32-18-33-50(65)46-27-11-4-12-28-46/h1-42H. The van der Waals surface area contributed by atoms with Gasteiger partial charge in [-0.2, -0.15) is 0 Å². The molecular formula is C66H42BN3. The van der Waals surface area contributed by atoms with Crippen molar-refractivity contribution < 1.29 is 0 Å². The molecule has 0 amide bonds. The molecule has 0 N–H and O–H groups in total. The zero-order chi connectivity index (χ0) is 45.9. The van der Waals surface area contributed by atoms with Crippen LogP contribution in [0.5, 0.6) is 0 Å². The van der Waals surface area contributed by atoms with Crippen molar-refractivity contribution in [2.24, 2.45) is 0 Å². The molecule has 2 aliphatic rings. The van der Waals surface area contributed by atoms with Crippen LogP contribution in [0.25, 0.3) is 82.6 Å². The minimum atomic E-state index is -0.0702. The van der Waals surface area contributed by atoms with E-state index in [1.54, 1.807) is 0 Å². The molecule has 3 nitrogen and oxygen atoms in total. The first-order valence-corrected chi connectivity index (χ1v) is 24.3. The van der Waals surface area contributed by atoms with E-state index in [1.165, 1.54) is 122 Å². The summed E-state index contributed by atoms with van der Waals surface area (Å²) in [6.07, 6.45) is 0. The molecule has 0 saturated carbocycles. The van der Waals surface area contributed by atoms with Gasteiger partial charge >= 0.3 is 0 Å². The topological polar surface area (TPSA) is 10.9 Å². The fourth-order valence-corrected chi connectivity index (χ4v) is 12.3. The Morgan fingerprint density at radius 3 is 1.24 bits per heavy atom. The van der Waals surface area contributed by atoms with E-state index >= 15 is 0 Å². The Balaban J connectivity index is 1.10. The predicted molar refractivity (Wildman–Crippen MR) is 297 cm³/mol. The van der Waals surface area contributed by atoms with Crippen LogP contribution in [-0.4, -0.2) is 11.1 Å². The average Bonchev–Trinajstić information content (AvgIpc) is 3.96. The van der Waals surface area contributed by atoms with E-state index in [9.17, 15) is 0 Å². The van der Waals surface area contributed by atoms with E-state index in [0.717, 1.165) is 11.4 Å². The highest BCUT2D eigenvalue weighted by atomic mass is 15.2. The number of hydrogen-bond acceptors (Lipinski definition) is 2. The molecule has 0 radical (unpaired) electrons. The van der Waals surface area contributed by atoms with Gasteiger partial charge in [-0.3, -0.25) is 0 Å². The number of fused-ring (bicyclic) bond motifs is 10. The van der Waals surface area contributed by atoms with Crippen LogP contribution in [0.3, 0.4) is 0 Å². The van der Waals surface area contributed by atoms with Gasteiger partial charge in [0.1, 0.15) is 0 Å². The Labute approximate surface area is 406 Å². The number of hydrogen-bond donors (Lipinski definition) is 0. The van der Waals surface area contributed by atoms with Crippen molar-refractivity contribution in [3.05, 3.63) is 255 Å². The summed E-state index contributed by atoms with van der Waals surface area (Å²) >= 11 is 0. The number of nitrogens with zero attached hydrogens (tertiary/aromatic N) is 3. The quantitative estimate of drug-likeness (QED) is 0.154. The van der Waals surface area contributed by atoms with Gasteiger partial charge in [-0.1, -0.05) is 224 Å². The van der Waals surface area contributed by atoms with Crippen molar-refractivity contribution in [2.75, 3.05) is 9.80 Å². The maximum atomic E-state index is 2.63. The van der Waals surface area contributed by atoms with Crippen molar-refractivity contribution in [1.29, 1.82) is 0 Å². The van der Waals surface area contributed by atoms with Gasteiger partial charge in [0.05, 0.1) is 27.9 Å². The van der Waals surface area contributed by atoms with Crippen molar-refractivity contribution in [1.82, 2.24) is 4.40 Å². The van der Waals surface area contributed by atoms with E-state index in [4.69, 9.17) is 0 Å². The summed E-state index contributed by atoms with van der Waals surface area (Å²) in [5.74, 6) is 0. The second-order valence-electron chi connectivity index (χ2n) is 18.7. The Morgan fingerprint density at radius 1 is 0.271 bits per heavy atom. The van der Waals surface area contributed by atoms with E-state index < -0.39 is 0 Å². The Bertz CT molecular complexity index is 4070. The maximum absolute atomic E-state index is 2.63. The van der Waals surface area contributed by atoms with Crippen molar-refractivity contribution >= 4 is 95.3 Å². The first kappa shape index (κ1) is 38.9. The Kier molecular flexibility index (Phi) is 8.45. The monoisotopic (exact) mass is 887 g/mol. The first-order valence-electron chi connectivity index (χ1n) is 24.3. The maximum Gasteiger partial charge on any atom is 0.252 e. The highest BCUT2D eigenvalue weighted by molar-refractivity contribution is 7.00. The fourth-order valence-electron chi connectivity index (χ4n) is 12.3. The molecule has 0 bridgehead atoms. The number of anilines is 6. The van der Waals surface area contributed by atoms with Crippen LogP contribution in [0.1, 0.15) is 0 Å². The molecule has 0 aliphatic carbocycles. The van der Waals surface area contributed by atoms with Crippen molar-refractivity contribution in [3.8, 4) is 44.5 Å². The smallest absolute Gasteiger partial charge is 0.252 e. The molecule has 4 heterocycles. The summed E-state index contributed by atoms with van der Waals surface area (Å²) in [6, 6.07) is 94.5. The molecule has 324 valence electrons. The van der Waals surface area contributed by atoms with E-state index in [1.807, 2.05) is 0 Å². The van der Waals surface area contributed by atoms with Crippen LogP contribution in [0, 0.1) is 0 Å². The third-order valence-corrected chi connectivity index (χ3v) is 15.1. The zero-order valence-corrected chi connectivity index (χ0v) is 38.2. The van der Waals surface area contributed by atoms with Gasteiger partial charge in [0.25, 0.3) is 6.71 Å². The van der Waals surface area contributed by atoms with Gasteiger partial charge in [0, 0.05) is 66.5 Å². The second-order valence-corrected chi connectivity index (χ2v) is 18.7. The lowest BCUT2D eigenvalue weighted by Gasteiger charge is -2.45. The molecular weight excluding hydrogens is 846 g/mol. The van der Waals surface area contributed by atoms with Gasteiger partial charge in [-0.15, -0.1) is 0 Å². The first-order chi connectivity index (χ1) is 34.8. The van der Waals surface area contributed by atoms with Crippen molar-refractivity contribution in [2.45, 2.75) is 0 Å². The Hall–Kier alpha value is -9.12. The molecule has 0 atom stereocenters. The third-order valence-electron chi connectivity index (χ3n) is 15.1. The predicted octanol–water partition coefficient (Wildman–Crippen LogP) is 15.6. The SMILES string of the molecule is c1ccc(-c2cccc(-c3ccccc3)c2N2c3ccccc3B3c4cc5c6cccc7c8ccccc8n(c5cc4N(c4c(-c5ccccc5)cccc4-c4ccccc4)c4cccc2c43)c76)cc1. The average molecular weight is 888 g/mol. The lowest BCUT2D eigenvalue weighted by atomic mass is 9.33. The van der Waals surface area contributed by atoms with E-state index in [2.05, 4.69) is 269 Å². The number of para-hydroxylation sites is 5. The molecule has 0 spiro atoms. The molecule has 0 fully saturated rings.